The van der Waals surface area contributed by atoms with E-state index in [4.69, 9.17) is 0 Å². The molecule has 0 amide bonds. The Morgan fingerprint density at radius 1 is 1.40 bits per heavy atom. The van der Waals surface area contributed by atoms with E-state index in [2.05, 4.69) is 0 Å². The van der Waals surface area contributed by atoms with Gasteiger partial charge >= 0.3 is 0 Å². The van der Waals surface area contributed by atoms with Gasteiger partial charge in [0, 0.05) is 31.3 Å². The molecule has 82 valence electrons. The van der Waals surface area contributed by atoms with Gasteiger partial charge in [0.2, 0.25) is 0 Å². The van der Waals surface area contributed by atoms with Gasteiger partial charge in [0.25, 0.3) is 0 Å². The normalized spacial score (nSPS) is 22.2. The zero-order valence-corrected chi connectivity index (χ0v) is 8.29. The standard InChI is InChI=1S/C11H13F2NO/c12-9-2-1-8(11(13)5-9)6-14-4-3-10(15)7-14/h1-2,5,10,15H,3-4,6-7H2. The number of β-amino-alcohol motifs (C(OH)–C–C–N with tert-alkyl or cyclic N) is 1. The van der Waals surface area contributed by atoms with Gasteiger partial charge in [0.05, 0.1) is 6.10 Å². The zero-order valence-electron chi connectivity index (χ0n) is 8.29. The number of aliphatic hydroxyl groups is 1. The summed E-state index contributed by atoms with van der Waals surface area (Å²) in [5.74, 6) is -1.07. The number of likely N-dealkylation sites (tertiary alicyclic amines) is 1. The molecular weight excluding hydrogens is 200 g/mol. The van der Waals surface area contributed by atoms with E-state index in [-0.39, 0.29) is 6.10 Å². The molecule has 0 aromatic heterocycles. The van der Waals surface area contributed by atoms with E-state index in [1.807, 2.05) is 4.90 Å². The third kappa shape index (κ3) is 2.52. The van der Waals surface area contributed by atoms with Crippen molar-refractivity contribution in [3.05, 3.63) is 35.4 Å². The van der Waals surface area contributed by atoms with E-state index < -0.39 is 11.6 Å². The van der Waals surface area contributed by atoms with E-state index in [9.17, 15) is 13.9 Å². The Bertz CT molecular complexity index is 356. The second-order valence-electron chi connectivity index (χ2n) is 3.91. The highest BCUT2D eigenvalue weighted by atomic mass is 19.1. The zero-order chi connectivity index (χ0) is 10.8. The molecule has 0 aliphatic carbocycles. The number of hydrogen-bond acceptors (Lipinski definition) is 2. The second-order valence-corrected chi connectivity index (χ2v) is 3.91. The fourth-order valence-electron chi connectivity index (χ4n) is 1.85. The Kier molecular flexibility index (Phi) is 2.98. The summed E-state index contributed by atoms with van der Waals surface area (Å²) in [4.78, 5) is 1.96. The summed E-state index contributed by atoms with van der Waals surface area (Å²) < 4.78 is 25.9. The van der Waals surface area contributed by atoms with E-state index in [1.165, 1.54) is 12.1 Å². The molecule has 1 heterocycles. The van der Waals surface area contributed by atoms with Crippen LogP contribution in [0.1, 0.15) is 12.0 Å². The molecule has 1 aromatic rings. The van der Waals surface area contributed by atoms with Crippen LogP contribution in [-0.4, -0.2) is 29.2 Å². The molecule has 2 rings (SSSR count). The molecule has 1 aliphatic rings. The fraction of sp³-hybridized carbons (Fsp3) is 0.455. The first-order valence-corrected chi connectivity index (χ1v) is 4.99. The molecule has 1 unspecified atom stereocenters. The molecule has 0 spiro atoms. The smallest absolute Gasteiger partial charge is 0.130 e. The maximum absolute atomic E-state index is 13.3. The van der Waals surface area contributed by atoms with Crippen molar-refractivity contribution in [3.63, 3.8) is 0 Å². The van der Waals surface area contributed by atoms with E-state index in [1.54, 1.807) is 0 Å². The lowest BCUT2D eigenvalue weighted by Gasteiger charge is -2.15. The number of nitrogens with zero attached hydrogens (tertiary/aromatic N) is 1. The molecule has 1 aromatic carbocycles. The molecular formula is C11H13F2NO. The number of halogens is 2. The molecule has 2 nitrogen and oxygen atoms in total. The second kappa shape index (κ2) is 4.24. The molecule has 4 heteroatoms. The third-order valence-corrected chi connectivity index (χ3v) is 2.66. The van der Waals surface area contributed by atoms with Gasteiger partial charge < -0.3 is 5.11 Å². The van der Waals surface area contributed by atoms with Crippen LogP contribution in [0.25, 0.3) is 0 Å². The van der Waals surface area contributed by atoms with Crippen molar-refractivity contribution in [1.29, 1.82) is 0 Å². The summed E-state index contributed by atoms with van der Waals surface area (Å²) in [6.07, 6.45) is 0.413. The summed E-state index contributed by atoms with van der Waals surface area (Å²) in [7, 11) is 0. The average Bonchev–Trinajstić information content (AvgIpc) is 2.56. The lowest BCUT2D eigenvalue weighted by molar-refractivity contribution is 0.174. The van der Waals surface area contributed by atoms with Gasteiger partial charge in [-0.3, -0.25) is 4.90 Å². The minimum atomic E-state index is -0.558. The molecule has 1 atom stereocenters. The lowest BCUT2D eigenvalue weighted by atomic mass is 10.2. The quantitative estimate of drug-likeness (QED) is 0.805. The van der Waals surface area contributed by atoms with Gasteiger partial charge in [-0.2, -0.15) is 0 Å². The molecule has 1 aliphatic heterocycles. The Labute approximate surface area is 87.1 Å². The van der Waals surface area contributed by atoms with Gasteiger partial charge in [-0.1, -0.05) is 6.07 Å². The van der Waals surface area contributed by atoms with Crippen LogP contribution in [0, 0.1) is 11.6 Å². The highest BCUT2D eigenvalue weighted by Gasteiger charge is 2.20. The van der Waals surface area contributed by atoms with E-state index in [0.717, 1.165) is 19.0 Å². The summed E-state index contributed by atoms with van der Waals surface area (Å²) in [6.45, 7) is 1.76. The van der Waals surface area contributed by atoms with E-state index >= 15 is 0 Å². The van der Waals surface area contributed by atoms with Crippen molar-refractivity contribution >= 4 is 0 Å². The molecule has 1 saturated heterocycles. The van der Waals surface area contributed by atoms with Gasteiger partial charge in [-0.15, -0.1) is 0 Å². The van der Waals surface area contributed by atoms with Gasteiger partial charge in [0.1, 0.15) is 11.6 Å². The first-order chi connectivity index (χ1) is 7.15. The largest absolute Gasteiger partial charge is 0.392 e. The molecule has 0 bridgehead atoms. The predicted molar refractivity (Wildman–Crippen MR) is 52.3 cm³/mol. The van der Waals surface area contributed by atoms with Gasteiger partial charge in [-0.25, -0.2) is 8.78 Å². The molecule has 1 fully saturated rings. The summed E-state index contributed by atoms with van der Waals surface area (Å²) in [5, 5.41) is 9.30. The minimum absolute atomic E-state index is 0.312. The maximum atomic E-state index is 13.3. The van der Waals surface area contributed by atoms with Crippen LogP contribution in [-0.2, 0) is 6.54 Å². The Hall–Kier alpha value is -1.00. The van der Waals surface area contributed by atoms with Crippen molar-refractivity contribution in [3.8, 4) is 0 Å². The number of hydrogen-bond donors (Lipinski definition) is 1. The summed E-state index contributed by atoms with van der Waals surface area (Å²) >= 11 is 0. The monoisotopic (exact) mass is 213 g/mol. The van der Waals surface area contributed by atoms with E-state index in [0.29, 0.717) is 18.7 Å². The number of benzene rings is 1. The SMILES string of the molecule is OC1CCN(Cc2ccc(F)cc2F)C1. The van der Waals surface area contributed by atoms with Gasteiger partial charge in [0.15, 0.2) is 0 Å². The Balaban J connectivity index is 2.04. The van der Waals surface area contributed by atoms with Crippen molar-refractivity contribution in [2.24, 2.45) is 0 Å². The number of rotatable bonds is 2. The van der Waals surface area contributed by atoms with Crippen LogP contribution in [0.5, 0.6) is 0 Å². The molecule has 1 N–H and O–H groups in total. The maximum Gasteiger partial charge on any atom is 0.130 e. The Morgan fingerprint density at radius 2 is 2.20 bits per heavy atom. The van der Waals surface area contributed by atoms with Gasteiger partial charge in [-0.05, 0) is 12.5 Å². The van der Waals surface area contributed by atoms with Crippen LogP contribution in [0.15, 0.2) is 18.2 Å². The average molecular weight is 213 g/mol. The van der Waals surface area contributed by atoms with Crippen LogP contribution < -0.4 is 0 Å². The summed E-state index contributed by atoms with van der Waals surface area (Å²) in [6, 6.07) is 3.60. The summed E-state index contributed by atoms with van der Waals surface area (Å²) in [5.41, 5.74) is 0.477. The minimum Gasteiger partial charge on any atom is -0.392 e. The van der Waals surface area contributed by atoms with Crippen LogP contribution in [0.4, 0.5) is 8.78 Å². The Morgan fingerprint density at radius 3 is 2.80 bits per heavy atom. The molecule has 15 heavy (non-hydrogen) atoms. The number of aliphatic hydroxyl groups excluding tert-OH is 1. The van der Waals surface area contributed by atoms with Crippen molar-refractivity contribution < 1.29 is 13.9 Å². The van der Waals surface area contributed by atoms with Crippen molar-refractivity contribution in [2.75, 3.05) is 13.1 Å². The first-order valence-electron chi connectivity index (χ1n) is 4.99. The third-order valence-electron chi connectivity index (χ3n) is 2.66. The van der Waals surface area contributed by atoms with Crippen molar-refractivity contribution in [2.45, 2.75) is 19.1 Å². The first kappa shape index (κ1) is 10.5. The fourth-order valence-corrected chi connectivity index (χ4v) is 1.85. The van der Waals surface area contributed by atoms with Crippen LogP contribution in [0.3, 0.4) is 0 Å². The lowest BCUT2D eigenvalue weighted by Crippen LogP contribution is -2.22. The molecule has 0 saturated carbocycles. The van der Waals surface area contributed by atoms with Crippen LogP contribution >= 0.6 is 0 Å². The highest BCUT2D eigenvalue weighted by Crippen LogP contribution is 2.16. The predicted octanol–water partition coefficient (Wildman–Crippen LogP) is 1.53. The molecule has 0 radical (unpaired) electrons. The highest BCUT2D eigenvalue weighted by molar-refractivity contribution is 5.18. The van der Waals surface area contributed by atoms with Crippen molar-refractivity contribution in [1.82, 2.24) is 4.90 Å². The topological polar surface area (TPSA) is 23.5 Å². The van der Waals surface area contributed by atoms with Crippen LogP contribution in [0.2, 0.25) is 0 Å².